The van der Waals surface area contributed by atoms with Crippen LogP contribution in [0.15, 0.2) is 18.2 Å². The molecular formula is C15H16O6. The fourth-order valence-corrected chi connectivity index (χ4v) is 3.25. The normalized spacial score (nSPS) is 24.7. The van der Waals surface area contributed by atoms with Gasteiger partial charge in [-0.3, -0.25) is 9.59 Å². The Bertz CT molecular complexity index is 594. The molecule has 6 heteroatoms. The Balaban J connectivity index is 2.66. The molecule has 21 heavy (non-hydrogen) atoms. The summed E-state index contributed by atoms with van der Waals surface area (Å²) in [6.45, 7) is 0. The molecule has 1 fully saturated rings. The Hall–Kier alpha value is -2.21. The molecule has 1 aliphatic carbocycles. The number of carbonyl (C=O) groups excluding carboxylic acids is 1. The van der Waals surface area contributed by atoms with E-state index in [0.29, 0.717) is 31.1 Å². The summed E-state index contributed by atoms with van der Waals surface area (Å²) in [5, 5.41) is 28.6. The van der Waals surface area contributed by atoms with Crippen LogP contribution < -0.4 is 0 Å². The number of aliphatic hydroxyl groups excluding tert-OH is 1. The largest absolute Gasteiger partial charge is 0.481 e. The third-order valence-corrected chi connectivity index (χ3v) is 4.20. The summed E-state index contributed by atoms with van der Waals surface area (Å²) < 4.78 is 0. The van der Waals surface area contributed by atoms with Crippen LogP contribution in [0.2, 0.25) is 0 Å². The van der Waals surface area contributed by atoms with Gasteiger partial charge in [-0.2, -0.15) is 0 Å². The second-order valence-electron chi connectivity index (χ2n) is 5.32. The standard InChI is InChI=1S/C15H16O6/c16-8-10-9(14(20)21)3-1-4-11(10)15(7-13(18)19)6-2-5-12(15)17/h1,3-4,8,12,17H,2,5-7H2,(H,18,19)(H,20,21)/t12-,15?/m0/s1. The van der Waals surface area contributed by atoms with Gasteiger partial charge in [-0.15, -0.1) is 0 Å². The smallest absolute Gasteiger partial charge is 0.336 e. The van der Waals surface area contributed by atoms with Crippen LogP contribution in [0.25, 0.3) is 0 Å². The van der Waals surface area contributed by atoms with Crippen LogP contribution in [0.4, 0.5) is 0 Å². The summed E-state index contributed by atoms with van der Waals surface area (Å²) in [5.41, 5.74) is -1.02. The van der Waals surface area contributed by atoms with Crippen LogP contribution in [0, 0.1) is 0 Å². The Kier molecular flexibility index (Phi) is 4.09. The highest BCUT2D eigenvalue weighted by molar-refractivity contribution is 5.98. The first-order chi connectivity index (χ1) is 9.92. The van der Waals surface area contributed by atoms with Crippen molar-refractivity contribution in [2.24, 2.45) is 0 Å². The highest BCUT2D eigenvalue weighted by atomic mass is 16.4. The number of aliphatic carboxylic acids is 1. The van der Waals surface area contributed by atoms with Gasteiger partial charge in [0.15, 0.2) is 6.29 Å². The molecule has 2 atom stereocenters. The van der Waals surface area contributed by atoms with Crippen molar-refractivity contribution in [1.82, 2.24) is 0 Å². The van der Waals surface area contributed by atoms with Crippen LogP contribution in [-0.2, 0) is 10.2 Å². The van der Waals surface area contributed by atoms with Gasteiger partial charge in [0.25, 0.3) is 0 Å². The highest BCUT2D eigenvalue weighted by Crippen LogP contribution is 2.45. The number of hydrogen-bond donors (Lipinski definition) is 3. The third-order valence-electron chi connectivity index (χ3n) is 4.20. The minimum absolute atomic E-state index is 0.0489. The molecule has 1 aromatic rings. The van der Waals surface area contributed by atoms with Crippen molar-refractivity contribution in [2.75, 3.05) is 0 Å². The van der Waals surface area contributed by atoms with E-state index in [1.807, 2.05) is 0 Å². The van der Waals surface area contributed by atoms with E-state index in [2.05, 4.69) is 0 Å². The first-order valence-electron chi connectivity index (χ1n) is 6.64. The number of benzene rings is 1. The minimum atomic E-state index is -1.25. The summed E-state index contributed by atoms with van der Waals surface area (Å²) >= 11 is 0. The maximum atomic E-state index is 11.4. The van der Waals surface area contributed by atoms with Crippen LogP contribution in [0.5, 0.6) is 0 Å². The SMILES string of the molecule is O=Cc1c(C(=O)O)cccc1C1(CC(=O)O)CCC[C@@H]1O. The number of aromatic carboxylic acids is 1. The Morgan fingerprint density at radius 2 is 2.05 bits per heavy atom. The molecule has 2 rings (SSSR count). The van der Waals surface area contributed by atoms with Crippen molar-refractivity contribution in [3.05, 3.63) is 34.9 Å². The van der Waals surface area contributed by atoms with Crippen LogP contribution >= 0.6 is 0 Å². The van der Waals surface area contributed by atoms with Gasteiger partial charge in [-0.1, -0.05) is 12.1 Å². The molecule has 112 valence electrons. The number of carbonyl (C=O) groups is 3. The topological polar surface area (TPSA) is 112 Å². The van der Waals surface area contributed by atoms with Gasteiger partial charge in [0.05, 0.1) is 18.1 Å². The number of rotatable bonds is 5. The van der Waals surface area contributed by atoms with Gasteiger partial charge in [0, 0.05) is 11.0 Å². The Morgan fingerprint density at radius 1 is 1.33 bits per heavy atom. The van der Waals surface area contributed by atoms with E-state index < -0.39 is 23.5 Å². The van der Waals surface area contributed by atoms with Crippen molar-refractivity contribution < 1.29 is 29.7 Å². The lowest BCUT2D eigenvalue weighted by Crippen LogP contribution is -2.38. The zero-order chi connectivity index (χ0) is 15.6. The van der Waals surface area contributed by atoms with Gasteiger partial charge >= 0.3 is 11.9 Å². The van der Waals surface area contributed by atoms with Crippen molar-refractivity contribution in [2.45, 2.75) is 37.2 Å². The number of carboxylic acid groups (broad SMARTS) is 2. The fourth-order valence-electron chi connectivity index (χ4n) is 3.25. The predicted molar refractivity (Wildman–Crippen MR) is 72.6 cm³/mol. The van der Waals surface area contributed by atoms with Gasteiger partial charge in [-0.05, 0) is 30.9 Å². The second kappa shape index (κ2) is 5.65. The number of carboxylic acids is 2. The first-order valence-corrected chi connectivity index (χ1v) is 6.64. The lowest BCUT2D eigenvalue weighted by molar-refractivity contribution is -0.139. The van der Waals surface area contributed by atoms with Crippen molar-refractivity contribution in [3.63, 3.8) is 0 Å². The van der Waals surface area contributed by atoms with Crippen molar-refractivity contribution in [1.29, 1.82) is 0 Å². The molecule has 0 heterocycles. The molecule has 0 aromatic heterocycles. The Labute approximate surface area is 121 Å². The third kappa shape index (κ3) is 2.54. The summed E-state index contributed by atoms with van der Waals surface area (Å²) in [6, 6.07) is 4.31. The van der Waals surface area contributed by atoms with E-state index in [-0.39, 0.29) is 17.5 Å². The molecular weight excluding hydrogens is 276 g/mol. The predicted octanol–water partition coefficient (Wildman–Crippen LogP) is 1.45. The van der Waals surface area contributed by atoms with E-state index in [9.17, 15) is 19.5 Å². The van der Waals surface area contributed by atoms with E-state index in [1.54, 1.807) is 0 Å². The van der Waals surface area contributed by atoms with Crippen LogP contribution in [0.1, 0.15) is 52.0 Å². The number of aliphatic hydroxyl groups is 1. The molecule has 1 unspecified atom stereocenters. The van der Waals surface area contributed by atoms with E-state index in [4.69, 9.17) is 10.2 Å². The molecule has 0 spiro atoms. The lowest BCUT2D eigenvalue weighted by atomic mass is 9.72. The molecule has 0 saturated heterocycles. The summed E-state index contributed by atoms with van der Waals surface area (Å²) in [7, 11) is 0. The molecule has 0 amide bonds. The van der Waals surface area contributed by atoms with E-state index >= 15 is 0 Å². The van der Waals surface area contributed by atoms with Gasteiger partial charge in [0.1, 0.15) is 0 Å². The molecule has 0 aliphatic heterocycles. The molecule has 0 radical (unpaired) electrons. The highest BCUT2D eigenvalue weighted by Gasteiger charge is 2.46. The zero-order valence-corrected chi connectivity index (χ0v) is 11.3. The average Bonchev–Trinajstić information content (AvgIpc) is 2.79. The first kappa shape index (κ1) is 15.2. The maximum Gasteiger partial charge on any atom is 0.336 e. The molecule has 1 aliphatic rings. The summed E-state index contributed by atoms with van der Waals surface area (Å²) in [4.78, 5) is 33.8. The van der Waals surface area contributed by atoms with Gasteiger partial charge < -0.3 is 15.3 Å². The van der Waals surface area contributed by atoms with Crippen LogP contribution in [0.3, 0.4) is 0 Å². The second-order valence-corrected chi connectivity index (χ2v) is 5.32. The van der Waals surface area contributed by atoms with Gasteiger partial charge in [-0.25, -0.2) is 4.79 Å². The van der Waals surface area contributed by atoms with Crippen molar-refractivity contribution in [3.8, 4) is 0 Å². The quantitative estimate of drug-likeness (QED) is 0.708. The van der Waals surface area contributed by atoms with Crippen molar-refractivity contribution >= 4 is 18.2 Å². The molecule has 3 N–H and O–H groups in total. The lowest BCUT2D eigenvalue weighted by Gasteiger charge is -2.33. The summed E-state index contributed by atoms with van der Waals surface area (Å²) in [6.07, 6.45) is 0.652. The molecule has 1 aromatic carbocycles. The van der Waals surface area contributed by atoms with Crippen LogP contribution in [-0.4, -0.2) is 39.6 Å². The Morgan fingerprint density at radius 3 is 2.52 bits per heavy atom. The number of aldehydes is 1. The minimum Gasteiger partial charge on any atom is -0.481 e. The van der Waals surface area contributed by atoms with E-state index in [1.165, 1.54) is 18.2 Å². The van der Waals surface area contributed by atoms with Gasteiger partial charge in [0.2, 0.25) is 0 Å². The molecule has 0 bridgehead atoms. The number of hydrogen-bond acceptors (Lipinski definition) is 4. The summed E-state index contributed by atoms with van der Waals surface area (Å²) in [5.74, 6) is -2.34. The monoisotopic (exact) mass is 292 g/mol. The maximum absolute atomic E-state index is 11.4. The zero-order valence-electron chi connectivity index (χ0n) is 11.3. The van der Waals surface area contributed by atoms with E-state index in [0.717, 1.165) is 0 Å². The molecule has 6 nitrogen and oxygen atoms in total. The molecule has 1 saturated carbocycles. The average molecular weight is 292 g/mol. The fraction of sp³-hybridized carbons (Fsp3) is 0.400.